The fourth-order valence-electron chi connectivity index (χ4n) is 1.66. The van der Waals surface area contributed by atoms with Gasteiger partial charge >= 0.3 is 0 Å². The van der Waals surface area contributed by atoms with Crippen molar-refractivity contribution < 1.29 is 8.83 Å². The summed E-state index contributed by atoms with van der Waals surface area (Å²) >= 11 is 0. The molecule has 0 radical (unpaired) electrons. The summed E-state index contributed by atoms with van der Waals surface area (Å²) in [6.45, 7) is 8.30. The van der Waals surface area contributed by atoms with Gasteiger partial charge in [-0.2, -0.15) is 0 Å². The van der Waals surface area contributed by atoms with E-state index in [0.29, 0.717) is 5.92 Å². The number of hydrogen-bond acceptors (Lipinski definition) is 3. The molecule has 3 nitrogen and oxygen atoms in total. The molecule has 0 N–H and O–H groups in total. The van der Waals surface area contributed by atoms with Gasteiger partial charge in [0.2, 0.25) is 0 Å². The molecule has 0 saturated carbocycles. The molecule has 0 fully saturated rings. The molecule has 0 bridgehead atoms. The first-order valence-corrected chi connectivity index (χ1v) is 6.33. The van der Waals surface area contributed by atoms with E-state index in [4.69, 9.17) is 8.83 Å². The predicted octanol–water partition coefficient (Wildman–Crippen LogP) is 4.86. The zero-order chi connectivity index (χ0) is 12.7. The van der Waals surface area contributed by atoms with Gasteiger partial charge in [0, 0.05) is 11.5 Å². The minimum atomic E-state index is 0.422. The lowest BCUT2D eigenvalue weighted by Gasteiger charge is -2.05. The Morgan fingerprint density at radius 2 is 1.88 bits per heavy atom. The molecule has 2 rings (SSSR count). The second-order valence-corrected chi connectivity index (χ2v) is 3.60. The number of aromatic nitrogens is 1. The lowest BCUT2D eigenvalue weighted by Crippen LogP contribution is -1.95. The Morgan fingerprint density at radius 1 is 1.18 bits per heavy atom. The molecule has 0 unspecified atom stereocenters. The summed E-state index contributed by atoms with van der Waals surface area (Å²) in [4.78, 5) is 4.47. The summed E-state index contributed by atoms with van der Waals surface area (Å²) < 4.78 is 10.5. The van der Waals surface area contributed by atoms with Crippen LogP contribution in [0.3, 0.4) is 0 Å². The molecule has 2 aromatic rings. The molecule has 0 aliphatic heterocycles. The maximum atomic E-state index is 5.48. The van der Waals surface area contributed by atoms with Crippen LogP contribution < -0.4 is 0 Å². The normalized spacial score (nSPS) is 10.2. The van der Waals surface area contributed by atoms with Crippen molar-refractivity contribution in [3.05, 3.63) is 30.7 Å². The van der Waals surface area contributed by atoms with Gasteiger partial charge < -0.3 is 8.83 Å². The van der Waals surface area contributed by atoms with Gasteiger partial charge in [-0.25, -0.2) is 4.98 Å². The number of rotatable bonds is 4. The zero-order valence-corrected chi connectivity index (χ0v) is 11.1. The SMILES string of the molecule is CC.CCC(CC)c1nc(-c2ccoc2)co1. The monoisotopic (exact) mass is 235 g/mol. The summed E-state index contributed by atoms with van der Waals surface area (Å²) in [5.41, 5.74) is 1.82. The van der Waals surface area contributed by atoms with Crippen LogP contribution in [-0.4, -0.2) is 4.98 Å². The molecule has 0 spiro atoms. The molecular weight excluding hydrogens is 214 g/mol. The average molecular weight is 235 g/mol. The molecule has 94 valence electrons. The van der Waals surface area contributed by atoms with Crippen molar-refractivity contribution in [3.8, 4) is 11.3 Å². The predicted molar refractivity (Wildman–Crippen MR) is 68.9 cm³/mol. The fraction of sp³-hybridized carbons (Fsp3) is 0.500. The van der Waals surface area contributed by atoms with Crippen LogP contribution in [0, 0.1) is 0 Å². The molecule has 0 amide bonds. The Bertz CT molecular complexity index is 400. The van der Waals surface area contributed by atoms with Crippen molar-refractivity contribution in [2.75, 3.05) is 0 Å². The molecular formula is C14H21NO2. The van der Waals surface area contributed by atoms with Crippen molar-refractivity contribution in [1.82, 2.24) is 4.98 Å². The van der Waals surface area contributed by atoms with E-state index in [9.17, 15) is 0 Å². The second-order valence-electron chi connectivity index (χ2n) is 3.60. The van der Waals surface area contributed by atoms with Gasteiger partial charge in [-0.05, 0) is 18.9 Å². The van der Waals surface area contributed by atoms with Crippen LogP contribution in [0.25, 0.3) is 11.3 Å². The van der Waals surface area contributed by atoms with Crippen molar-refractivity contribution >= 4 is 0 Å². The summed E-state index contributed by atoms with van der Waals surface area (Å²) in [5.74, 6) is 1.25. The van der Waals surface area contributed by atoms with E-state index in [1.54, 1.807) is 18.8 Å². The summed E-state index contributed by atoms with van der Waals surface area (Å²) in [7, 11) is 0. The zero-order valence-electron chi connectivity index (χ0n) is 11.1. The van der Waals surface area contributed by atoms with E-state index < -0.39 is 0 Å². The van der Waals surface area contributed by atoms with Gasteiger partial charge in [-0.15, -0.1) is 0 Å². The first kappa shape index (κ1) is 13.6. The molecule has 3 heteroatoms. The molecule has 0 atom stereocenters. The lowest BCUT2D eigenvalue weighted by atomic mass is 10.0. The van der Waals surface area contributed by atoms with Crippen LogP contribution in [0.15, 0.2) is 33.7 Å². The molecule has 2 heterocycles. The van der Waals surface area contributed by atoms with Crippen LogP contribution >= 0.6 is 0 Å². The quantitative estimate of drug-likeness (QED) is 0.759. The van der Waals surface area contributed by atoms with Gasteiger partial charge in [0.1, 0.15) is 12.0 Å². The largest absolute Gasteiger partial charge is 0.472 e. The summed E-state index contributed by atoms with van der Waals surface area (Å²) in [5, 5.41) is 0. The topological polar surface area (TPSA) is 39.2 Å². The molecule has 0 aromatic carbocycles. The molecule has 17 heavy (non-hydrogen) atoms. The van der Waals surface area contributed by atoms with Crippen LogP contribution in [0.2, 0.25) is 0 Å². The van der Waals surface area contributed by atoms with Crippen LogP contribution in [0.4, 0.5) is 0 Å². The molecule has 0 aliphatic rings. The molecule has 2 aromatic heterocycles. The summed E-state index contributed by atoms with van der Waals surface area (Å²) in [6.07, 6.45) is 7.12. The van der Waals surface area contributed by atoms with Crippen LogP contribution in [0.1, 0.15) is 52.3 Å². The molecule has 0 saturated heterocycles. The molecule has 0 aliphatic carbocycles. The Labute approximate surface area is 103 Å². The maximum Gasteiger partial charge on any atom is 0.197 e. The van der Waals surface area contributed by atoms with E-state index >= 15 is 0 Å². The number of oxazole rings is 1. The lowest BCUT2D eigenvalue weighted by molar-refractivity contribution is 0.431. The minimum absolute atomic E-state index is 0.422. The van der Waals surface area contributed by atoms with Crippen molar-refractivity contribution in [2.24, 2.45) is 0 Å². The Morgan fingerprint density at radius 3 is 2.41 bits per heavy atom. The fourth-order valence-corrected chi connectivity index (χ4v) is 1.66. The Hall–Kier alpha value is -1.51. The highest BCUT2D eigenvalue weighted by molar-refractivity contribution is 5.55. The third kappa shape index (κ3) is 3.22. The van der Waals surface area contributed by atoms with E-state index in [1.165, 1.54) is 0 Å². The third-order valence-electron chi connectivity index (χ3n) is 2.67. The maximum absolute atomic E-state index is 5.48. The standard InChI is InChI=1S/C12H15NO2.C2H6/c1-3-9(4-2)12-13-11(8-15-12)10-5-6-14-7-10;1-2/h5-9H,3-4H2,1-2H3;1-2H3. The van der Waals surface area contributed by atoms with E-state index in [0.717, 1.165) is 30.0 Å². The van der Waals surface area contributed by atoms with E-state index in [2.05, 4.69) is 18.8 Å². The van der Waals surface area contributed by atoms with Crippen LogP contribution in [-0.2, 0) is 0 Å². The highest BCUT2D eigenvalue weighted by atomic mass is 16.3. The minimum Gasteiger partial charge on any atom is -0.472 e. The van der Waals surface area contributed by atoms with Crippen molar-refractivity contribution in [2.45, 2.75) is 46.5 Å². The first-order valence-electron chi connectivity index (χ1n) is 6.33. The highest BCUT2D eigenvalue weighted by Gasteiger charge is 2.14. The smallest absolute Gasteiger partial charge is 0.197 e. The Balaban J connectivity index is 0.000000686. The number of hydrogen-bond donors (Lipinski definition) is 0. The number of nitrogens with zero attached hydrogens (tertiary/aromatic N) is 1. The van der Waals surface area contributed by atoms with E-state index in [-0.39, 0.29) is 0 Å². The Kier molecular flexibility index (Phi) is 5.53. The van der Waals surface area contributed by atoms with Gasteiger partial charge in [-0.1, -0.05) is 27.7 Å². The number of furan rings is 1. The van der Waals surface area contributed by atoms with Gasteiger partial charge in [0.05, 0.1) is 12.5 Å². The van der Waals surface area contributed by atoms with Crippen molar-refractivity contribution in [3.63, 3.8) is 0 Å². The average Bonchev–Trinajstić information content (AvgIpc) is 3.03. The van der Waals surface area contributed by atoms with Crippen LogP contribution in [0.5, 0.6) is 0 Å². The first-order chi connectivity index (χ1) is 8.35. The summed E-state index contributed by atoms with van der Waals surface area (Å²) in [6, 6.07) is 1.88. The second kappa shape index (κ2) is 6.94. The van der Waals surface area contributed by atoms with E-state index in [1.807, 2.05) is 19.9 Å². The van der Waals surface area contributed by atoms with Gasteiger partial charge in [-0.3, -0.25) is 0 Å². The van der Waals surface area contributed by atoms with Gasteiger partial charge in [0.25, 0.3) is 0 Å². The van der Waals surface area contributed by atoms with Crippen molar-refractivity contribution in [1.29, 1.82) is 0 Å². The highest BCUT2D eigenvalue weighted by Crippen LogP contribution is 2.26. The van der Waals surface area contributed by atoms with Gasteiger partial charge in [0.15, 0.2) is 5.89 Å². The third-order valence-corrected chi connectivity index (χ3v) is 2.67.